The van der Waals surface area contributed by atoms with Crippen molar-refractivity contribution >= 4 is 17.7 Å². The number of hydrogen-bond donors (Lipinski definition) is 1. The van der Waals surface area contributed by atoms with Crippen LogP contribution >= 0.6 is 0 Å². The fourth-order valence-corrected chi connectivity index (χ4v) is 5.55. The highest BCUT2D eigenvalue weighted by molar-refractivity contribution is 6.12. The van der Waals surface area contributed by atoms with Crippen LogP contribution < -0.4 is 5.32 Å². The highest BCUT2D eigenvalue weighted by Crippen LogP contribution is 2.46. The largest absolute Gasteiger partial charge is 0.468 e. The van der Waals surface area contributed by atoms with Crippen molar-refractivity contribution in [2.75, 3.05) is 7.11 Å². The number of rotatable bonds is 4. The molecule has 1 aliphatic heterocycles. The number of Topliss-reactive ketones (excluding diaryl/α,β-unsaturated/α-hetero) is 1. The predicted molar refractivity (Wildman–Crippen MR) is 124 cm³/mol. The molecule has 0 bridgehead atoms. The maximum absolute atomic E-state index is 15.1. The summed E-state index contributed by atoms with van der Waals surface area (Å²) in [5.74, 6) is -4.37. The number of halogens is 1. The van der Waals surface area contributed by atoms with Gasteiger partial charge in [-0.3, -0.25) is 9.59 Å². The minimum Gasteiger partial charge on any atom is -0.468 e. The smallest absolute Gasteiger partial charge is 0.337 e. The van der Waals surface area contributed by atoms with Crippen molar-refractivity contribution in [3.63, 3.8) is 0 Å². The summed E-state index contributed by atoms with van der Waals surface area (Å²) >= 11 is 0. The number of methoxy groups -OCH3 is 1. The monoisotopic (exact) mass is 469 g/mol. The van der Waals surface area contributed by atoms with Gasteiger partial charge in [0.25, 0.3) is 0 Å². The SMILES string of the molecule is COC(=O)[C@H]1C(=O)C2=C(C[C@@H]1C)NC(C)=C(C(=O)OC1CCCCCC1)[C@H]2c1ccccc1F. The molecule has 1 aromatic rings. The van der Waals surface area contributed by atoms with Gasteiger partial charge in [-0.2, -0.15) is 0 Å². The Morgan fingerprint density at radius 3 is 2.41 bits per heavy atom. The summed E-state index contributed by atoms with van der Waals surface area (Å²) in [5.41, 5.74) is 1.85. The van der Waals surface area contributed by atoms with Gasteiger partial charge in [0.1, 0.15) is 17.8 Å². The van der Waals surface area contributed by atoms with Crippen LogP contribution in [0.5, 0.6) is 0 Å². The summed E-state index contributed by atoms with van der Waals surface area (Å²) in [7, 11) is 1.25. The molecule has 6 nitrogen and oxygen atoms in total. The minimum atomic E-state index is -1.00. The molecule has 1 N–H and O–H groups in total. The van der Waals surface area contributed by atoms with E-state index in [1.54, 1.807) is 25.1 Å². The molecule has 0 amide bonds. The van der Waals surface area contributed by atoms with E-state index < -0.39 is 35.4 Å². The van der Waals surface area contributed by atoms with E-state index in [4.69, 9.17) is 9.47 Å². The lowest BCUT2D eigenvalue weighted by molar-refractivity contribution is -0.151. The molecule has 0 radical (unpaired) electrons. The molecule has 1 fully saturated rings. The van der Waals surface area contributed by atoms with Gasteiger partial charge >= 0.3 is 11.9 Å². The number of hydrogen-bond acceptors (Lipinski definition) is 6. The van der Waals surface area contributed by atoms with Gasteiger partial charge in [-0.05, 0) is 51.0 Å². The Morgan fingerprint density at radius 2 is 1.76 bits per heavy atom. The lowest BCUT2D eigenvalue weighted by Crippen LogP contribution is -2.43. The van der Waals surface area contributed by atoms with E-state index in [1.807, 2.05) is 6.92 Å². The third kappa shape index (κ3) is 4.52. The molecule has 0 aromatic heterocycles. The number of carbonyl (C=O) groups is 3. The highest BCUT2D eigenvalue weighted by atomic mass is 19.1. The van der Waals surface area contributed by atoms with Gasteiger partial charge < -0.3 is 14.8 Å². The molecule has 1 heterocycles. The number of esters is 2. The van der Waals surface area contributed by atoms with E-state index in [0.717, 1.165) is 38.5 Å². The Morgan fingerprint density at radius 1 is 1.09 bits per heavy atom. The van der Waals surface area contributed by atoms with Gasteiger partial charge in [-0.1, -0.05) is 38.0 Å². The quantitative estimate of drug-likeness (QED) is 0.391. The van der Waals surface area contributed by atoms with Crippen LogP contribution in [0.25, 0.3) is 0 Å². The maximum Gasteiger partial charge on any atom is 0.337 e. The number of dihydropyridines is 1. The molecule has 182 valence electrons. The topological polar surface area (TPSA) is 81.7 Å². The Balaban J connectivity index is 1.78. The van der Waals surface area contributed by atoms with E-state index in [-0.39, 0.29) is 28.7 Å². The molecule has 0 unspecified atom stereocenters. The zero-order valence-electron chi connectivity index (χ0n) is 20.0. The number of benzene rings is 1. The first-order valence-corrected chi connectivity index (χ1v) is 12.1. The number of allylic oxidation sites excluding steroid dienone is 3. The molecule has 0 spiro atoms. The number of ketones is 1. The molecule has 34 heavy (non-hydrogen) atoms. The molecule has 1 aromatic carbocycles. The molecular formula is C27H32FNO5. The van der Waals surface area contributed by atoms with Gasteiger partial charge in [0.2, 0.25) is 0 Å². The lowest BCUT2D eigenvalue weighted by Gasteiger charge is -2.38. The van der Waals surface area contributed by atoms with Gasteiger partial charge in [-0.15, -0.1) is 0 Å². The number of nitrogens with one attached hydrogen (secondary N) is 1. The fourth-order valence-electron chi connectivity index (χ4n) is 5.55. The Hall–Kier alpha value is -2.96. The normalized spacial score (nSPS) is 25.9. The average molecular weight is 470 g/mol. The Labute approximate surface area is 199 Å². The average Bonchev–Trinajstić information content (AvgIpc) is 3.06. The molecule has 0 saturated heterocycles. The number of ether oxygens (including phenoxy) is 2. The number of carbonyl (C=O) groups excluding carboxylic acids is 3. The van der Waals surface area contributed by atoms with Crippen molar-refractivity contribution in [1.82, 2.24) is 5.32 Å². The van der Waals surface area contributed by atoms with Crippen LogP contribution in [0.15, 0.2) is 46.8 Å². The van der Waals surface area contributed by atoms with Crippen LogP contribution in [0, 0.1) is 17.7 Å². The summed E-state index contributed by atoms with van der Waals surface area (Å²) in [5, 5.41) is 3.22. The van der Waals surface area contributed by atoms with Crippen LogP contribution in [-0.4, -0.2) is 30.9 Å². The van der Waals surface area contributed by atoms with E-state index >= 15 is 4.39 Å². The van der Waals surface area contributed by atoms with Gasteiger partial charge in [0, 0.05) is 22.5 Å². The van der Waals surface area contributed by atoms with Gasteiger partial charge in [0.05, 0.1) is 18.6 Å². The van der Waals surface area contributed by atoms with Crippen LogP contribution in [0.4, 0.5) is 4.39 Å². The second kappa shape index (κ2) is 10.1. The Bertz CT molecular complexity index is 1050. The third-order valence-electron chi connectivity index (χ3n) is 7.26. The van der Waals surface area contributed by atoms with Crippen LogP contribution in [0.2, 0.25) is 0 Å². The van der Waals surface area contributed by atoms with Crippen molar-refractivity contribution in [2.24, 2.45) is 11.8 Å². The first kappa shape index (κ1) is 24.2. The summed E-state index contributed by atoms with van der Waals surface area (Å²) in [6, 6.07) is 6.14. The van der Waals surface area contributed by atoms with Crippen molar-refractivity contribution in [1.29, 1.82) is 0 Å². The second-order valence-corrected chi connectivity index (χ2v) is 9.58. The van der Waals surface area contributed by atoms with E-state index in [0.29, 0.717) is 17.8 Å². The maximum atomic E-state index is 15.1. The molecular weight excluding hydrogens is 437 g/mol. The van der Waals surface area contributed by atoms with Gasteiger partial charge in [0.15, 0.2) is 5.78 Å². The first-order valence-electron chi connectivity index (χ1n) is 12.1. The molecule has 1 saturated carbocycles. The molecule has 4 rings (SSSR count). The zero-order valence-corrected chi connectivity index (χ0v) is 20.0. The van der Waals surface area contributed by atoms with E-state index in [2.05, 4.69) is 5.32 Å². The third-order valence-corrected chi connectivity index (χ3v) is 7.26. The lowest BCUT2D eigenvalue weighted by atomic mass is 9.69. The van der Waals surface area contributed by atoms with E-state index in [1.165, 1.54) is 13.2 Å². The van der Waals surface area contributed by atoms with Crippen molar-refractivity contribution in [3.05, 3.63) is 58.2 Å². The van der Waals surface area contributed by atoms with Crippen LogP contribution in [-0.2, 0) is 23.9 Å². The minimum absolute atomic E-state index is 0.197. The summed E-state index contributed by atoms with van der Waals surface area (Å²) < 4.78 is 25.9. The summed E-state index contributed by atoms with van der Waals surface area (Å²) in [6.07, 6.45) is 6.04. The molecule has 3 aliphatic rings. The zero-order chi connectivity index (χ0) is 24.4. The Kier molecular flexibility index (Phi) is 7.19. The highest BCUT2D eigenvalue weighted by Gasteiger charge is 2.48. The van der Waals surface area contributed by atoms with Crippen LogP contribution in [0.1, 0.15) is 70.3 Å². The van der Waals surface area contributed by atoms with Gasteiger partial charge in [-0.25, -0.2) is 9.18 Å². The van der Waals surface area contributed by atoms with Crippen LogP contribution in [0.3, 0.4) is 0 Å². The van der Waals surface area contributed by atoms with Crippen molar-refractivity contribution in [2.45, 2.75) is 70.8 Å². The molecule has 7 heteroatoms. The molecule has 3 atom stereocenters. The van der Waals surface area contributed by atoms with Crippen molar-refractivity contribution < 1.29 is 28.2 Å². The standard InChI is InChI=1S/C27H32FNO5/c1-15-14-20-24(25(30)21(15)26(31)33-3)23(18-12-8-9-13-19(18)28)22(16(2)29-20)27(32)34-17-10-6-4-5-7-11-17/h8-9,12-13,15,17,21,23,29H,4-7,10-11,14H2,1-3H3/t15-,21+,23+/m0/s1. The molecule has 2 aliphatic carbocycles. The summed E-state index contributed by atoms with van der Waals surface area (Å²) in [4.78, 5) is 39.7. The predicted octanol–water partition coefficient (Wildman–Crippen LogP) is 4.70. The van der Waals surface area contributed by atoms with E-state index in [9.17, 15) is 14.4 Å². The fraction of sp³-hybridized carbons (Fsp3) is 0.519. The summed E-state index contributed by atoms with van der Waals surface area (Å²) in [6.45, 7) is 3.57. The second-order valence-electron chi connectivity index (χ2n) is 9.58. The first-order chi connectivity index (χ1) is 16.3. The van der Waals surface area contributed by atoms with Crippen molar-refractivity contribution in [3.8, 4) is 0 Å².